The van der Waals surface area contributed by atoms with E-state index in [1.54, 1.807) is 16.8 Å². The fourth-order valence-electron chi connectivity index (χ4n) is 1.86. The third-order valence-corrected chi connectivity index (χ3v) is 2.93. The van der Waals surface area contributed by atoms with Gasteiger partial charge >= 0.3 is 5.97 Å². The van der Waals surface area contributed by atoms with Gasteiger partial charge in [0.2, 0.25) is 0 Å². The molecule has 18 heavy (non-hydrogen) atoms. The maximum absolute atomic E-state index is 12.0. The Morgan fingerprint density at radius 3 is 2.67 bits per heavy atom. The summed E-state index contributed by atoms with van der Waals surface area (Å²) in [6, 6.07) is 3.21. The summed E-state index contributed by atoms with van der Waals surface area (Å²) < 4.78 is 6.16. The van der Waals surface area contributed by atoms with E-state index in [9.17, 15) is 9.59 Å². The lowest BCUT2D eigenvalue weighted by atomic mass is 10.1. The molecule has 0 aliphatic carbocycles. The molecule has 0 aromatic carbocycles. The minimum Gasteiger partial charge on any atom is -0.465 e. The van der Waals surface area contributed by atoms with Gasteiger partial charge in [-0.05, 0) is 18.6 Å². The van der Waals surface area contributed by atoms with Crippen molar-refractivity contribution in [3.05, 3.63) is 34.2 Å². The predicted molar refractivity (Wildman–Crippen MR) is 70.8 cm³/mol. The zero-order chi connectivity index (χ0) is 13.4. The number of ether oxygens (including phenoxy) is 1. The second-order valence-electron chi connectivity index (χ2n) is 4.33. The summed E-state index contributed by atoms with van der Waals surface area (Å²) in [5.74, 6) is -0.569. The largest absolute Gasteiger partial charge is 0.465 e. The Morgan fingerprint density at radius 1 is 1.28 bits per heavy atom. The topological polar surface area (TPSA) is 48.3 Å². The van der Waals surface area contributed by atoms with Crippen LogP contribution < -0.4 is 5.56 Å². The Kier molecular flexibility index (Phi) is 6.19. The Bertz CT molecular complexity index is 437. The third-order valence-electron chi connectivity index (χ3n) is 2.93. The number of esters is 1. The first kappa shape index (κ1) is 14.5. The monoisotopic (exact) mass is 251 g/mol. The zero-order valence-corrected chi connectivity index (χ0v) is 11.1. The second-order valence-corrected chi connectivity index (χ2v) is 4.33. The van der Waals surface area contributed by atoms with E-state index in [-0.39, 0.29) is 11.1 Å². The van der Waals surface area contributed by atoms with Crippen molar-refractivity contribution >= 4 is 5.97 Å². The third kappa shape index (κ3) is 4.02. The highest BCUT2D eigenvalue weighted by Gasteiger charge is 2.11. The lowest BCUT2D eigenvalue weighted by Crippen LogP contribution is -2.26. The van der Waals surface area contributed by atoms with Crippen LogP contribution in [0.15, 0.2) is 23.1 Å². The number of rotatable bonds is 7. The van der Waals surface area contributed by atoms with Crippen LogP contribution in [0.1, 0.15) is 49.4 Å². The number of carbonyl (C=O) groups excluding carboxylic acids is 1. The molecule has 0 atom stereocenters. The number of hydrogen-bond donors (Lipinski definition) is 0. The van der Waals surface area contributed by atoms with Crippen molar-refractivity contribution in [2.75, 3.05) is 7.11 Å². The van der Waals surface area contributed by atoms with E-state index < -0.39 is 5.97 Å². The number of nitrogens with zero attached hydrogens (tertiary/aromatic N) is 1. The maximum atomic E-state index is 12.0. The molecule has 4 heteroatoms. The van der Waals surface area contributed by atoms with Crippen LogP contribution in [0.3, 0.4) is 0 Å². The lowest BCUT2D eigenvalue weighted by Gasteiger charge is -2.07. The van der Waals surface area contributed by atoms with E-state index in [0.717, 1.165) is 12.8 Å². The first-order valence-electron chi connectivity index (χ1n) is 6.48. The quantitative estimate of drug-likeness (QED) is 0.553. The Labute approximate surface area is 108 Å². The van der Waals surface area contributed by atoms with Crippen LogP contribution in [-0.4, -0.2) is 17.6 Å². The molecule has 0 radical (unpaired) electrons. The molecule has 0 amide bonds. The van der Waals surface area contributed by atoms with Gasteiger partial charge in [0.05, 0.1) is 7.11 Å². The Hall–Kier alpha value is -1.58. The number of carbonyl (C=O) groups is 1. The Balaban J connectivity index is 2.61. The van der Waals surface area contributed by atoms with Crippen LogP contribution in [0.4, 0.5) is 0 Å². The molecule has 0 N–H and O–H groups in total. The van der Waals surface area contributed by atoms with Gasteiger partial charge in [0.25, 0.3) is 5.56 Å². The number of pyridine rings is 1. The normalized spacial score (nSPS) is 10.3. The number of hydrogen-bond acceptors (Lipinski definition) is 3. The van der Waals surface area contributed by atoms with E-state index in [4.69, 9.17) is 0 Å². The molecule has 1 rings (SSSR count). The van der Waals surface area contributed by atoms with Crippen molar-refractivity contribution in [3.63, 3.8) is 0 Å². The van der Waals surface area contributed by atoms with Crippen LogP contribution >= 0.6 is 0 Å². The van der Waals surface area contributed by atoms with Gasteiger partial charge in [-0.25, -0.2) is 4.79 Å². The van der Waals surface area contributed by atoms with Gasteiger partial charge in [-0.3, -0.25) is 4.79 Å². The molecule has 0 bridgehead atoms. The molecule has 0 saturated carbocycles. The van der Waals surface area contributed by atoms with Crippen LogP contribution in [0.2, 0.25) is 0 Å². The minimum absolute atomic E-state index is 0.105. The van der Waals surface area contributed by atoms with Crippen LogP contribution in [-0.2, 0) is 11.3 Å². The van der Waals surface area contributed by atoms with Gasteiger partial charge in [0.15, 0.2) is 0 Å². The maximum Gasteiger partial charge on any atom is 0.343 e. The molecule has 0 fully saturated rings. The summed E-state index contributed by atoms with van der Waals surface area (Å²) in [6.45, 7) is 2.83. The SMILES string of the molecule is CCCCCCCn1cccc(C(=O)OC)c1=O. The van der Waals surface area contributed by atoms with E-state index in [2.05, 4.69) is 11.7 Å². The molecule has 1 aromatic heterocycles. The highest BCUT2D eigenvalue weighted by atomic mass is 16.5. The van der Waals surface area contributed by atoms with Crippen molar-refractivity contribution in [2.24, 2.45) is 0 Å². The standard InChI is InChI=1S/C14H21NO3/c1-3-4-5-6-7-10-15-11-8-9-12(13(15)16)14(17)18-2/h8-9,11H,3-7,10H2,1-2H3. The molecule has 0 saturated heterocycles. The van der Waals surface area contributed by atoms with Gasteiger partial charge in [-0.1, -0.05) is 32.6 Å². The second kappa shape index (κ2) is 7.69. The molecule has 1 heterocycles. The van der Waals surface area contributed by atoms with E-state index in [0.29, 0.717) is 6.54 Å². The van der Waals surface area contributed by atoms with Gasteiger partial charge < -0.3 is 9.30 Å². The molecule has 0 unspecified atom stereocenters. The predicted octanol–water partition coefficient (Wildman–Crippen LogP) is 2.61. The number of unbranched alkanes of at least 4 members (excludes halogenated alkanes) is 4. The van der Waals surface area contributed by atoms with E-state index in [1.807, 2.05) is 0 Å². The van der Waals surface area contributed by atoms with Crippen molar-refractivity contribution in [1.82, 2.24) is 4.57 Å². The van der Waals surface area contributed by atoms with Gasteiger partial charge in [0.1, 0.15) is 5.56 Å². The highest BCUT2D eigenvalue weighted by molar-refractivity contribution is 5.88. The van der Waals surface area contributed by atoms with Crippen LogP contribution in [0.5, 0.6) is 0 Å². The Morgan fingerprint density at radius 2 is 2.00 bits per heavy atom. The summed E-state index contributed by atoms with van der Waals surface area (Å²) in [6.07, 6.45) is 7.43. The minimum atomic E-state index is -0.569. The van der Waals surface area contributed by atoms with Gasteiger partial charge in [-0.2, -0.15) is 0 Å². The molecular weight excluding hydrogens is 230 g/mol. The summed E-state index contributed by atoms with van der Waals surface area (Å²) in [4.78, 5) is 23.3. The first-order valence-corrected chi connectivity index (χ1v) is 6.48. The summed E-state index contributed by atoms with van der Waals surface area (Å²) >= 11 is 0. The van der Waals surface area contributed by atoms with Crippen molar-refractivity contribution in [2.45, 2.75) is 45.6 Å². The average Bonchev–Trinajstić information content (AvgIpc) is 2.39. The molecule has 0 aliphatic heterocycles. The number of methoxy groups -OCH3 is 1. The summed E-state index contributed by atoms with van der Waals surface area (Å²) in [5.41, 5.74) is -0.159. The average molecular weight is 251 g/mol. The highest BCUT2D eigenvalue weighted by Crippen LogP contribution is 2.04. The molecule has 100 valence electrons. The molecule has 0 aliphatic rings. The molecular formula is C14H21NO3. The van der Waals surface area contributed by atoms with Gasteiger partial charge in [0, 0.05) is 12.7 Å². The number of aryl methyl sites for hydroxylation is 1. The fourth-order valence-corrected chi connectivity index (χ4v) is 1.86. The van der Waals surface area contributed by atoms with Crippen LogP contribution in [0, 0.1) is 0 Å². The van der Waals surface area contributed by atoms with E-state index >= 15 is 0 Å². The molecule has 4 nitrogen and oxygen atoms in total. The summed E-state index contributed by atoms with van der Waals surface area (Å²) in [7, 11) is 1.28. The van der Waals surface area contributed by atoms with Crippen LogP contribution in [0.25, 0.3) is 0 Å². The fraction of sp³-hybridized carbons (Fsp3) is 0.571. The lowest BCUT2D eigenvalue weighted by molar-refractivity contribution is 0.0598. The summed E-state index contributed by atoms with van der Waals surface area (Å²) in [5, 5.41) is 0. The van der Waals surface area contributed by atoms with Gasteiger partial charge in [-0.15, -0.1) is 0 Å². The first-order chi connectivity index (χ1) is 8.70. The molecule has 1 aromatic rings. The molecule has 0 spiro atoms. The number of aromatic nitrogens is 1. The van der Waals surface area contributed by atoms with E-state index in [1.165, 1.54) is 32.4 Å². The van der Waals surface area contributed by atoms with Crippen molar-refractivity contribution in [1.29, 1.82) is 0 Å². The zero-order valence-electron chi connectivity index (χ0n) is 11.1. The van der Waals surface area contributed by atoms with Crippen molar-refractivity contribution in [3.8, 4) is 0 Å². The smallest absolute Gasteiger partial charge is 0.343 e. The van der Waals surface area contributed by atoms with Crippen molar-refractivity contribution < 1.29 is 9.53 Å².